The van der Waals surface area contributed by atoms with E-state index >= 15 is 0 Å². The van der Waals surface area contributed by atoms with Gasteiger partial charge in [-0.1, -0.05) is 52.7 Å². The van der Waals surface area contributed by atoms with E-state index in [1.165, 1.54) is 11.0 Å². The van der Waals surface area contributed by atoms with Crippen LogP contribution < -0.4 is 9.62 Å². The maximum absolute atomic E-state index is 13.5. The number of carbonyl (C=O) groups is 2. The SMILES string of the molecule is CCCNC(=O)C(C)N(Cc1ccc(Br)cc1)C(=O)CN(c1cc(Cl)ccc1C)S(C)(=O)=O. The van der Waals surface area contributed by atoms with Crippen LogP contribution in [0, 0.1) is 6.92 Å². The van der Waals surface area contributed by atoms with Crippen molar-refractivity contribution in [1.82, 2.24) is 10.2 Å². The van der Waals surface area contributed by atoms with Crippen LogP contribution in [0.3, 0.4) is 0 Å². The van der Waals surface area contributed by atoms with Crippen molar-refractivity contribution in [3.63, 3.8) is 0 Å². The molecule has 2 aromatic rings. The van der Waals surface area contributed by atoms with Gasteiger partial charge in [-0.05, 0) is 55.7 Å². The molecule has 0 spiro atoms. The second-order valence-corrected chi connectivity index (χ2v) is 11.1. The van der Waals surface area contributed by atoms with E-state index in [0.717, 1.165) is 27.0 Å². The van der Waals surface area contributed by atoms with Gasteiger partial charge in [0.1, 0.15) is 12.6 Å². The van der Waals surface area contributed by atoms with E-state index in [1.807, 2.05) is 31.2 Å². The zero-order chi connectivity index (χ0) is 24.8. The molecule has 0 radical (unpaired) electrons. The van der Waals surface area contributed by atoms with Gasteiger partial charge >= 0.3 is 0 Å². The van der Waals surface area contributed by atoms with E-state index in [9.17, 15) is 18.0 Å². The first-order chi connectivity index (χ1) is 15.4. The highest BCUT2D eigenvalue weighted by molar-refractivity contribution is 9.10. The molecule has 0 fully saturated rings. The molecule has 0 saturated carbocycles. The first-order valence-corrected chi connectivity index (χ1v) is 13.5. The summed E-state index contributed by atoms with van der Waals surface area (Å²) in [6.45, 7) is 5.50. The fourth-order valence-corrected chi connectivity index (χ4v) is 4.54. The molecule has 0 aliphatic carbocycles. The molecule has 2 amide bonds. The lowest BCUT2D eigenvalue weighted by molar-refractivity contribution is -0.139. The lowest BCUT2D eigenvalue weighted by atomic mass is 10.1. The maximum atomic E-state index is 13.5. The number of hydrogen-bond acceptors (Lipinski definition) is 4. The minimum absolute atomic E-state index is 0.152. The van der Waals surface area contributed by atoms with Gasteiger partial charge in [0.2, 0.25) is 21.8 Å². The van der Waals surface area contributed by atoms with Crippen LogP contribution in [-0.4, -0.2) is 50.5 Å². The zero-order valence-electron chi connectivity index (χ0n) is 19.1. The van der Waals surface area contributed by atoms with Crippen molar-refractivity contribution in [2.75, 3.05) is 23.7 Å². The van der Waals surface area contributed by atoms with Crippen LogP contribution in [0.15, 0.2) is 46.9 Å². The summed E-state index contributed by atoms with van der Waals surface area (Å²) in [6, 6.07) is 11.4. The summed E-state index contributed by atoms with van der Waals surface area (Å²) in [6.07, 6.45) is 1.80. The number of benzene rings is 2. The number of sulfonamides is 1. The Bertz CT molecular complexity index is 1090. The van der Waals surface area contributed by atoms with Gasteiger partial charge in [-0.2, -0.15) is 0 Å². The molecule has 180 valence electrons. The van der Waals surface area contributed by atoms with Gasteiger partial charge in [0, 0.05) is 22.6 Å². The number of aryl methyl sites for hydroxylation is 1. The molecule has 10 heteroatoms. The summed E-state index contributed by atoms with van der Waals surface area (Å²) in [4.78, 5) is 27.5. The number of hydrogen-bond donors (Lipinski definition) is 1. The van der Waals surface area contributed by atoms with Crippen molar-refractivity contribution in [2.45, 2.75) is 39.8 Å². The average molecular weight is 559 g/mol. The third-order valence-corrected chi connectivity index (χ3v) is 6.99. The van der Waals surface area contributed by atoms with Crippen LogP contribution in [0.1, 0.15) is 31.4 Å². The molecule has 0 saturated heterocycles. The molecule has 2 aromatic carbocycles. The number of anilines is 1. The summed E-state index contributed by atoms with van der Waals surface area (Å²) in [7, 11) is -3.80. The summed E-state index contributed by atoms with van der Waals surface area (Å²) >= 11 is 9.48. The highest BCUT2D eigenvalue weighted by atomic mass is 79.9. The van der Waals surface area contributed by atoms with E-state index in [1.54, 1.807) is 26.0 Å². The minimum atomic E-state index is -3.80. The van der Waals surface area contributed by atoms with Crippen LogP contribution in [0.25, 0.3) is 0 Å². The van der Waals surface area contributed by atoms with Crippen molar-refractivity contribution >= 4 is 55.1 Å². The van der Waals surface area contributed by atoms with E-state index in [4.69, 9.17) is 11.6 Å². The van der Waals surface area contributed by atoms with Gasteiger partial charge < -0.3 is 10.2 Å². The Morgan fingerprint density at radius 3 is 2.36 bits per heavy atom. The van der Waals surface area contributed by atoms with Crippen LogP contribution in [0.2, 0.25) is 5.02 Å². The Hall–Kier alpha value is -2.10. The number of carbonyl (C=O) groups excluding carboxylic acids is 2. The Kier molecular flexibility index (Phi) is 9.75. The molecule has 1 N–H and O–H groups in total. The highest BCUT2D eigenvalue weighted by Gasteiger charge is 2.30. The molecule has 0 heterocycles. The van der Waals surface area contributed by atoms with Crippen molar-refractivity contribution < 1.29 is 18.0 Å². The number of nitrogens with one attached hydrogen (secondary N) is 1. The Morgan fingerprint density at radius 2 is 1.79 bits per heavy atom. The third-order valence-electron chi connectivity index (χ3n) is 5.10. The van der Waals surface area contributed by atoms with Gasteiger partial charge in [0.15, 0.2) is 0 Å². The van der Waals surface area contributed by atoms with E-state index < -0.39 is 28.5 Å². The quantitative estimate of drug-likeness (QED) is 0.475. The fraction of sp³-hybridized carbons (Fsp3) is 0.391. The normalized spacial score (nSPS) is 12.2. The molecule has 7 nitrogen and oxygen atoms in total. The van der Waals surface area contributed by atoms with Crippen LogP contribution >= 0.6 is 27.5 Å². The molecule has 1 atom stereocenters. The van der Waals surface area contributed by atoms with Gasteiger partial charge in [0.05, 0.1) is 11.9 Å². The molecule has 0 aliphatic heterocycles. The largest absolute Gasteiger partial charge is 0.354 e. The first kappa shape index (κ1) is 27.1. The monoisotopic (exact) mass is 557 g/mol. The van der Waals surface area contributed by atoms with Crippen LogP contribution in [0.4, 0.5) is 5.69 Å². The molecule has 1 unspecified atom stereocenters. The van der Waals surface area contributed by atoms with Crippen molar-refractivity contribution in [3.05, 3.63) is 63.1 Å². The number of rotatable bonds is 10. The first-order valence-electron chi connectivity index (χ1n) is 10.5. The smallest absolute Gasteiger partial charge is 0.244 e. The van der Waals surface area contributed by atoms with Gasteiger partial charge in [-0.3, -0.25) is 13.9 Å². The summed E-state index contributed by atoms with van der Waals surface area (Å²) in [5.74, 6) is -0.797. The number of halogens is 2. The molecular formula is C23H29BrClN3O4S. The second-order valence-electron chi connectivity index (χ2n) is 7.82. The van der Waals surface area contributed by atoms with Crippen molar-refractivity contribution in [1.29, 1.82) is 0 Å². The summed E-state index contributed by atoms with van der Waals surface area (Å²) in [5.41, 5.74) is 1.79. The van der Waals surface area contributed by atoms with E-state index in [2.05, 4.69) is 21.2 Å². The molecule has 0 bridgehead atoms. The number of amides is 2. The molecule has 0 aliphatic rings. The predicted octanol–water partition coefficient (Wildman–Crippen LogP) is 4.12. The highest BCUT2D eigenvalue weighted by Crippen LogP contribution is 2.26. The van der Waals surface area contributed by atoms with E-state index in [0.29, 0.717) is 22.8 Å². The number of nitrogens with zero attached hydrogens (tertiary/aromatic N) is 2. The average Bonchev–Trinajstić information content (AvgIpc) is 2.75. The third kappa shape index (κ3) is 7.72. The summed E-state index contributed by atoms with van der Waals surface area (Å²) < 4.78 is 27.2. The topological polar surface area (TPSA) is 86.8 Å². The standard InChI is InChI=1S/C23H29BrClN3O4S/c1-5-12-26-23(30)17(3)27(14-18-7-9-19(24)10-8-18)22(29)15-28(33(4,31)32)21-13-20(25)11-6-16(21)2/h6-11,13,17H,5,12,14-15H2,1-4H3,(H,26,30). The molecule has 33 heavy (non-hydrogen) atoms. The lowest BCUT2D eigenvalue weighted by Crippen LogP contribution is -2.51. The fourth-order valence-electron chi connectivity index (χ4n) is 3.21. The van der Waals surface area contributed by atoms with Crippen molar-refractivity contribution in [2.24, 2.45) is 0 Å². The van der Waals surface area contributed by atoms with Crippen LogP contribution in [-0.2, 0) is 26.2 Å². The predicted molar refractivity (Wildman–Crippen MR) is 136 cm³/mol. The van der Waals surface area contributed by atoms with Gasteiger partial charge in [-0.25, -0.2) is 8.42 Å². The zero-order valence-corrected chi connectivity index (χ0v) is 22.3. The molecule has 0 aromatic heterocycles. The molecule has 2 rings (SSSR count). The van der Waals surface area contributed by atoms with E-state index in [-0.39, 0.29) is 12.5 Å². The van der Waals surface area contributed by atoms with Gasteiger partial charge in [0.25, 0.3) is 0 Å². The van der Waals surface area contributed by atoms with Gasteiger partial charge in [-0.15, -0.1) is 0 Å². The lowest BCUT2D eigenvalue weighted by Gasteiger charge is -2.32. The Labute approximate surface area is 209 Å². The Balaban J connectivity index is 2.40. The van der Waals surface area contributed by atoms with Crippen LogP contribution in [0.5, 0.6) is 0 Å². The second kappa shape index (κ2) is 11.9. The maximum Gasteiger partial charge on any atom is 0.244 e. The summed E-state index contributed by atoms with van der Waals surface area (Å²) in [5, 5.41) is 3.16. The van der Waals surface area contributed by atoms with Crippen molar-refractivity contribution in [3.8, 4) is 0 Å². The molecular weight excluding hydrogens is 530 g/mol. The Morgan fingerprint density at radius 1 is 1.15 bits per heavy atom. The minimum Gasteiger partial charge on any atom is -0.354 e.